The van der Waals surface area contributed by atoms with Crippen LogP contribution in [-0.2, 0) is 16.6 Å². The Labute approximate surface area is 114 Å². The Morgan fingerprint density at radius 1 is 1.45 bits per heavy atom. The van der Waals surface area contributed by atoms with Crippen LogP contribution in [0.15, 0.2) is 16.9 Å². The maximum atomic E-state index is 12.3. The van der Waals surface area contributed by atoms with Crippen LogP contribution in [0.2, 0.25) is 0 Å². The summed E-state index contributed by atoms with van der Waals surface area (Å²) >= 11 is 0. The number of aromatic nitrogens is 2. The number of nitrogens with zero attached hydrogens (tertiary/aromatic N) is 3. The third-order valence-corrected chi connectivity index (χ3v) is 3.32. The average Bonchev–Trinajstić information content (AvgIpc) is 2.85. The van der Waals surface area contributed by atoms with E-state index < -0.39 is 17.9 Å². The normalized spacial score (nSPS) is 22.0. The lowest BCUT2D eigenvalue weighted by Gasteiger charge is -2.20. The number of hydrogen-bond acceptors (Lipinski definition) is 5. The van der Waals surface area contributed by atoms with E-state index in [4.69, 9.17) is 9.84 Å². The summed E-state index contributed by atoms with van der Waals surface area (Å²) in [6.07, 6.45) is -0.0730. The number of carbonyl (C=O) groups is 2. The highest BCUT2D eigenvalue weighted by atomic mass is 16.5. The van der Waals surface area contributed by atoms with Crippen molar-refractivity contribution in [1.29, 1.82) is 0 Å². The molecule has 0 saturated carbocycles. The quantitative estimate of drug-likeness (QED) is 0.770. The molecule has 1 N–H and O–H groups in total. The molecule has 1 aliphatic heterocycles. The fraction of sp³-hybridized carbons (Fsp3) is 0.500. The Kier molecular flexibility index (Phi) is 3.84. The Balaban J connectivity index is 2.28. The van der Waals surface area contributed by atoms with Gasteiger partial charge in [-0.3, -0.25) is 9.59 Å². The number of carboxylic acids is 1. The molecule has 20 heavy (non-hydrogen) atoms. The van der Waals surface area contributed by atoms with Gasteiger partial charge in [-0.05, 0) is 6.07 Å². The molecular formula is C12H15N3O5. The van der Waals surface area contributed by atoms with Gasteiger partial charge in [-0.1, -0.05) is 0 Å². The molecule has 2 heterocycles. The third-order valence-electron chi connectivity index (χ3n) is 3.32. The number of carbonyl (C=O) groups excluding carboxylic acids is 1. The number of aliphatic carboxylic acids is 1. The number of hydrogen-bond donors (Lipinski definition) is 1. The average molecular weight is 281 g/mol. The molecule has 0 radical (unpaired) electrons. The van der Waals surface area contributed by atoms with Gasteiger partial charge in [-0.25, -0.2) is 9.48 Å². The lowest BCUT2D eigenvalue weighted by atomic mass is 10.2. The van der Waals surface area contributed by atoms with Gasteiger partial charge in [0, 0.05) is 33.2 Å². The van der Waals surface area contributed by atoms with Gasteiger partial charge in [-0.2, -0.15) is 5.10 Å². The highest BCUT2D eigenvalue weighted by Crippen LogP contribution is 2.21. The maximum Gasteiger partial charge on any atom is 0.326 e. The van der Waals surface area contributed by atoms with Crippen LogP contribution in [0.5, 0.6) is 0 Å². The van der Waals surface area contributed by atoms with E-state index in [-0.39, 0.29) is 30.3 Å². The second-order valence-electron chi connectivity index (χ2n) is 4.59. The van der Waals surface area contributed by atoms with E-state index in [1.807, 2.05) is 0 Å². The smallest absolute Gasteiger partial charge is 0.326 e. The first-order valence-corrected chi connectivity index (χ1v) is 6.05. The van der Waals surface area contributed by atoms with Crippen molar-refractivity contribution >= 4 is 11.9 Å². The van der Waals surface area contributed by atoms with E-state index in [0.717, 1.165) is 4.68 Å². The first kappa shape index (κ1) is 14.2. The number of methoxy groups -OCH3 is 1. The zero-order valence-electron chi connectivity index (χ0n) is 11.1. The van der Waals surface area contributed by atoms with Crippen LogP contribution in [0.4, 0.5) is 0 Å². The minimum atomic E-state index is -1.08. The molecule has 0 spiro atoms. The summed E-state index contributed by atoms with van der Waals surface area (Å²) in [4.78, 5) is 36.0. The Morgan fingerprint density at radius 2 is 2.15 bits per heavy atom. The highest BCUT2D eigenvalue weighted by Gasteiger charge is 2.40. The SMILES string of the molecule is COC1CC(C(=O)O)N(C(=O)c2ccc(=O)n(C)n2)C1. The third kappa shape index (κ3) is 2.55. The number of aryl methyl sites for hydroxylation is 1. The Bertz CT molecular complexity index is 597. The van der Waals surface area contributed by atoms with Gasteiger partial charge in [0.15, 0.2) is 0 Å². The summed E-state index contributed by atoms with van der Waals surface area (Å²) in [7, 11) is 2.90. The van der Waals surface area contributed by atoms with Gasteiger partial charge < -0.3 is 14.7 Å². The minimum absolute atomic E-state index is 0.0371. The lowest BCUT2D eigenvalue weighted by Crippen LogP contribution is -2.41. The molecule has 1 aromatic heterocycles. The van der Waals surface area contributed by atoms with E-state index in [1.165, 1.54) is 31.2 Å². The van der Waals surface area contributed by atoms with Crippen molar-refractivity contribution in [3.8, 4) is 0 Å². The Hall–Kier alpha value is -2.22. The predicted molar refractivity (Wildman–Crippen MR) is 67.4 cm³/mol. The zero-order valence-corrected chi connectivity index (χ0v) is 11.1. The lowest BCUT2D eigenvalue weighted by molar-refractivity contribution is -0.141. The fourth-order valence-electron chi connectivity index (χ4n) is 2.19. The highest BCUT2D eigenvalue weighted by molar-refractivity contribution is 5.95. The summed E-state index contributed by atoms with van der Waals surface area (Å²) in [6.45, 7) is 0.191. The molecule has 8 heteroatoms. The van der Waals surface area contributed by atoms with Crippen LogP contribution >= 0.6 is 0 Å². The van der Waals surface area contributed by atoms with Crippen molar-refractivity contribution in [2.45, 2.75) is 18.6 Å². The minimum Gasteiger partial charge on any atom is -0.480 e. The van der Waals surface area contributed by atoms with Gasteiger partial charge in [-0.15, -0.1) is 0 Å². The summed E-state index contributed by atoms with van der Waals surface area (Å²) < 4.78 is 6.15. The maximum absolute atomic E-state index is 12.3. The summed E-state index contributed by atoms with van der Waals surface area (Å²) in [5.41, 5.74) is -0.303. The van der Waals surface area contributed by atoms with E-state index in [0.29, 0.717) is 0 Å². The molecule has 2 atom stereocenters. The van der Waals surface area contributed by atoms with Crippen LogP contribution in [-0.4, -0.2) is 57.5 Å². The predicted octanol–water partition coefficient (Wildman–Crippen LogP) is -0.906. The van der Waals surface area contributed by atoms with Crippen LogP contribution in [0.1, 0.15) is 16.9 Å². The van der Waals surface area contributed by atoms with E-state index in [2.05, 4.69) is 5.10 Å². The van der Waals surface area contributed by atoms with Crippen LogP contribution in [0.3, 0.4) is 0 Å². The van der Waals surface area contributed by atoms with Gasteiger partial charge >= 0.3 is 5.97 Å². The van der Waals surface area contributed by atoms with Crippen molar-refractivity contribution < 1.29 is 19.4 Å². The van der Waals surface area contributed by atoms with Gasteiger partial charge in [0.1, 0.15) is 11.7 Å². The molecule has 8 nitrogen and oxygen atoms in total. The van der Waals surface area contributed by atoms with E-state index in [9.17, 15) is 14.4 Å². The summed E-state index contributed by atoms with van der Waals surface area (Å²) in [5.74, 6) is -1.60. The summed E-state index contributed by atoms with van der Waals surface area (Å²) in [5, 5.41) is 13.0. The van der Waals surface area contributed by atoms with Crippen LogP contribution in [0, 0.1) is 0 Å². The van der Waals surface area contributed by atoms with Crippen molar-refractivity contribution in [3.63, 3.8) is 0 Å². The molecule has 1 aliphatic rings. The number of amides is 1. The number of likely N-dealkylation sites (tertiary alicyclic amines) is 1. The second kappa shape index (κ2) is 5.41. The molecule has 2 unspecified atom stereocenters. The molecular weight excluding hydrogens is 266 g/mol. The van der Waals surface area contributed by atoms with Gasteiger partial charge in [0.2, 0.25) is 0 Å². The van der Waals surface area contributed by atoms with Crippen molar-refractivity contribution in [2.24, 2.45) is 7.05 Å². The number of carboxylic acid groups (broad SMARTS) is 1. The molecule has 1 saturated heterocycles. The monoisotopic (exact) mass is 281 g/mol. The van der Waals surface area contributed by atoms with E-state index in [1.54, 1.807) is 0 Å². The van der Waals surface area contributed by atoms with Gasteiger partial charge in [0.25, 0.3) is 11.5 Å². The number of rotatable bonds is 3. The largest absolute Gasteiger partial charge is 0.480 e. The molecule has 1 amide bonds. The standard InChI is InChI=1S/C12H15N3O5/c1-14-10(16)4-3-8(13-14)11(17)15-6-7(20-2)5-9(15)12(18)19/h3-4,7,9H,5-6H2,1-2H3,(H,18,19). The molecule has 1 fully saturated rings. The topological polar surface area (TPSA) is 102 Å². The molecule has 2 rings (SSSR count). The second-order valence-corrected chi connectivity index (χ2v) is 4.59. The fourth-order valence-corrected chi connectivity index (χ4v) is 2.19. The Morgan fingerprint density at radius 3 is 2.70 bits per heavy atom. The summed E-state index contributed by atoms with van der Waals surface area (Å²) in [6, 6.07) is 1.58. The van der Waals surface area contributed by atoms with Crippen molar-refractivity contribution in [3.05, 3.63) is 28.2 Å². The molecule has 0 aromatic carbocycles. The first-order valence-electron chi connectivity index (χ1n) is 6.05. The van der Waals surface area contributed by atoms with Crippen molar-refractivity contribution in [2.75, 3.05) is 13.7 Å². The zero-order chi connectivity index (χ0) is 14.9. The molecule has 0 aliphatic carbocycles. The molecule has 1 aromatic rings. The van der Waals surface area contributed by atoms with Crippen LogP contribution in [0.25, 0.3) is 0 Å². The number of ether oxygens (including phenoxy) is 1. The molecule has 108 valence electrons. The first-order chi connectivity index (χ1) is 9.43. The van der Waals surface area contributed by atoms with Crippen molar-refractivity contribution in [1.82, 2.24) is 14.7 Å². The van der Waals surface area contributed by atoms with Crippen LogP contribution < -0.4 is 5.56 Å². The molecule has 0 bridgehead atoms. The van der Waals surface area contributed by atoms with E-state index >= 15 is 0 Å². The van der Waals surface area contributed by atoms with Gasteiger partial charge in [0.05, 0.1) is 6.10 Å².